The summed E-state index contributed by atoms with van der Waals surface area (Å²) in [5.41, 5.74) is 7.40. The number of rotatable bonds is 7. The number of piperidine rings is 1. The van der Waals surface area contributed by atoms with Gasteiger partial charge < -0.3 is 29.8 Å². The Hall–Kier alpha value is -3.45. The minimum absolute atomic E-state index is 0.0801. The first-order valence-electron chi connectivity index (χ1n) is 13.4. The number of oxazole rings is 1. The Labute approximate surface area is 232 Å². The normalized spacial score (nSPS) is 23.8. The van der Waals surface area contributed by atoms with Crippen molar-refractivity contribution in [3.05, 3.63) is 60.6 Å². The molecule has 0 amide bonds. The number of alkyl halides is 6. The zero-order valence-electron chi connectivity index (χ0n) is 22.0. The standard InChI is InChI=1S/C28H30F6N4O3/c29-27(30,31)40-21-10-6-18(7-11-21)23-16-36-25(39-23)26(35)14-2-1-5-24(26)37-19-4-3-15-38(17-19)20-8-12-22(13-9-20)41-28(32,33)34/h6-13,16,19,24,37H,1-5,14-15,17,35H2. The molecule has 222 valence electrons. The highest BCUT2D eigenvalue weighted by Crippen LogP contribution is 2.38. The number of hydrogen-bond donors (Lipinski definition) is 2. The van der Waals surface area contributed by atoms with Gasteiger partial charge in [-0.05, 0) is 74.2 Å². The molecule has 0 bridgehead atoms. The van der Waals surface area contributed by atoms with E-state index < -0.39 is 18.3 Å². The van der Waals surface area contributed by atoms with Crippen LogP contribution in [0.25, 0.3) is 11.3 Å². The van der Waals surface area contributed by atoms with Gasteiger partial charge in [-0.2, -0.15) is 0 Å². The van der Waals surface area contributed by atoms with E-state index in [0.717, 1.165) is 44.3 Å². The average molecular weight is 585 g/mol. The fourth-order valence-electron chi connectivity index (χ4n) is 5.62. The molecule has 1 saturated carbocycles. The molecule has 0 radical (unpaired) electrons. The van der Waals surface area contributed by atoms with Crippen molar-refractivity contribution >= 4 is 5.69 Å². The second-order valence-electron chi connectivity index (χ2n) is 10.4. The first kappa shape index (κ1) is 29.1. The van der Waals surface area contributed by atoms with E-state index in [-0.39, 0.29) is 23.6 Å². The van der Waals surface area contributed by atoms with Gasteiger partial charge in [0, 0.05) is 36.4 Å². The molecule has 2 aromatic carbocycles. The summed E-state index contributed by atoms with van der Waals surface area (Å²) < 4.78 is 88.9. The van der Waals surface area contributed by atoms with Crippen molar-refractivity contribution < 1.29 is 40.2 Å². The second kappa shape index (κ2) is 11.4. The molecule has 13 heteroatoms. The molecule has 1 aliphatic carbocycles. The lowest BCUT2D eigenvalue weighted by Gasteiger charge is -2.43. The summed E-state index contributed by atoms with van der Waals surface area (Å²) in [5.74, 6) is 0.140. The zero-order chi connectivity index (χ0) is 29.3. The molecule has 1 aromatic heterocycles. The molecule has 3 unspecified atom stereocenters. The Morgan fingerprint density at radius 1 is 0.878 bits per heavy atom. The van der Waals surface area contributed by atoms with Crippen LogP contribution in [0.1, 0.15) is 44.4 Å². The molecule has 3 aromatic rings. The van der Waals surface area contributed by atoms with Crippen molar-refractivity contribution in [1.29, 1.82) is 0 Å². The summed E-state index contributed by atoms with van der Waals surface area (Å²) in [7, 11) is 0. The molecule has 3 N–H and O–H groups in total. The van der Waals surface area contributed by atoms with Crippen LogP contribution in [0.2, 0.25) is 0 Å². The van der Waals surface area contributed by atoms with E-state index in [1.807, 2.05) is 0 Å². The number of nitrogens with one attached hydrogen (secondary N) is 1. The largest absolute Gasteiger partial charge is 0.573 e. The Morgan fingerprint density at radius 2 is 1.51 bits per heavy atom. The van der Waals surface area contributed by atoms with E-state index >= 15 is 0 Å². The van der Waals surface area contributed by atoms with E-state index in [9.17, 15) is 26.3 Å². The van der Waals surface area contributed by atoms with Gasteiger partial charge in [-0.25, -0.2) is 4.98 Å². The number of halogens is 6. The lowest BCUT2D eigenvalue weighted by molar-refractivity contribution is -0.275. The number of benzene rings is 2. The van der Waals surface area contributed by atoms with E-state index in [1.165, 1.54) is 42.6 Å². The summed E-state index contributed by atoms with van der Waals surface area (Å²) in [4.78, 5) is 6.58. The third-order valence-corrected chi connectivity index (χ3v) is 7.53. The first-order valence-corrected chi connectivity index (χ1v) is 13.4. The minimum Gasteiger partial charge on any atom is -0.439 e. The van der Waals surface area contributed by atoms with Gasteiger partial charge in [0.25, 0.3) is 0 Å². The predicted octanol–water partition coefficient (Wildman–Crippen LogP) is 6.49. The Kier molecular flexibility index (Phi) is 8.11. The van der Waals surface area contributed by atoms with Crippen LogP contribution in [0.4, 0.5) is 32.0 Å². The Balaban J connectivity index is 1.26. The van der Waals surface area contributed by atoms with E-state index in [1.54, 1.807) is 12.1 Å². The van der Waals surface area contributed by atoms with Crippen molar-refractivity contribution in [1.82, 2.24) is 10.3 Å². The first-order chi connectivity index (χ1) is 19.4. The van der Waals surface area contributed by atoms with Crippen LogP contribution < -0.4 is 25.4 Å². The smallest absolute Gasteiger partial charge is 0.439 e. The summed E-state index contributed by atoms with van der Waals surface area (Å²) in [6, 6.07) is 11.1. The van der Waals surface area contributed by atoms with Crippen LogP contribution in [-0.2, 0) is 5.54 Å². The highest BCUT2D eigenvalue weighted by atomic mass is 19.4. The maximum atomic E-state index is 12.5. The maximum Gasteiger partial charge on any atom is 0.573 e. The Bertz CT molecular complexity index is 1300. The molecule has 41 heavy (non-hydrogen) atoms. The summed E-state index contributed by atoms with van der Waals surface area (Å²) >= 11 is 0. The highest BCUT2D eigenvalue weighted by Gasteiger charge is 2.44. The summed E-state index contributed by atoms with van der Waals surface area (Å²) in [6.07, 6.45) is -2.90. The molecule has 2 heterocycles. The molecular weight excluding hydrogens is 554 g/mol. The van der Waals surface area contributed by atoms with Crippen molar-refractivity contribution in [2.24, 2.45) is 5.73 Å². The molecule has 0 spiro atoms. The van der Waals surface area contributed by atoms with E-state index in [4.69, 9.17) is 10.2 Å². The number of aromatic nitrogens is 1. The monoisotopic (exact) mass is 584 g/mol. The van der Waals surface area contributed by atoms with Crippen LogP contribution in [0.3, 0.4) is 0 Å². The maximum absolute atomic E-state index is 12.5. The third kappa shape index (κ3) is 7.25. The highest BCUT2D eigenvalue weighted by molar-refractivity contribution is 5.57. The predicted molar refractivity (Wildman–Crippen MR) is 138 cm³/mol. The van der Waals surface area contributed by atoms with Gasteiger partial charge in [0.05, 0.1) is 6.20 Å². The van der Waals surface area contributed by atoms with Gasteiger partial charge in [0.2, 0.25) is 5.89 Å². The minimum atomic E-state index is -4.78. The van der Waals surface area contributed by atoms with Crippen LogP contribution in [0, 0.1) is 0 Å². The van der Waals surface area contributed by atoms with Crippen molar-refractivity contribution in [2.75, 3.05) is 18.0 Å². The third-order valence-electron chi connectivity index (χ3n) is 7.53. The second-order valence-corrected chi connectivity index (χ2v) is 10.4. The molecule has 2 aliphatic rings. The average Bonchev–Trinajstić information content (AvgIpc) is 3.41. The van der Waals surface area contributed by atoms with Gasteiger partial charge >= 0.3 is 12.7 Å². The van der Waals surface area contributed by atoms with Crippen LogP contribution in [0.5, 0.6) is 11.5 Å². The number of ether oxygens (including phenoxy) is 2. The molecule has 7 nitrogen and oxygen atoms in total. The van der Waals surface area contributed by atoms with Gasteiger partial charge in [0.1, 0.15) is 17.0 Å². The SMILES string of the molecule is NC1(c2ncc(-c3ccc(OC(F)(F)F)cc3)o2)CCCCC1NC1CCCN(c2ccc(OC(F)(F)F)cc2)C1. The van der Waals surface area contributed by atoms with E-state index in [0.29, 0.717) is 30.2 Å². The summed E-state index contributed by atoms with van der Waals surface area (Å²) in [6.45, 7) is 1.42. The van der Waals surface area contributed by atoms with Crippen molar-refractivity contribution in [3.63, 3.8) is 0 Å². The molecular formula is C28H30F6N4O3. The molecule has 1 saturated heterocycles. The van der Waals surface area contributed by atoms with Crippen LogP contribution in [0.15, 0.2) is 59.1 Å². The zero-order valence-corrected chi connectivity index (χ0v) is 22.0. The summed E-state index contributed by atoms with van der Waals surface area (Å²) in [5, 5.41) is 3.70. The molecule has 5 rings (SSSR count). The van der Waals surface area contributed by atoms with Crippen LogP contribution in [-0.4, -0.2) is 42.9 Å². The topological polar surface area (TPSA) is 85.8 Å². The lowest BCUT2D eigenvalue weighted by atomic mass is 9.77. The van der Waals surface area contributed by atoms with E-state index in [2.05, 4.69) is 24.7 Å². The Morgan fingerprint density at radius 3 is 2.15 bits per heavy atom. The van der Waals surface area contributed by atoms with Gasteiger partial charge in [-0.1, -0.05) is 12.8 Å². The molecule has 3 atom stereocenters. The molecule has 1 aliphatic heterocycles. The van der Waals surface area contributed by atoms with Gasteiger partial charge in [-0.15, -0.1) is 26.3 Å². The number of nitrogens with zero attached hydrogens (tertiary/aromatic N) is 2. The van der Waals surface area contributed by atoms with Crippen molar-refractivity contribution in [2.45, 2.75) is 68.9 Å². The fraction of sp³-hybridized carbons (Fsp3) is 0.464. The lowest BCUT2D eigenvalue weighted by Crippen LogP contribution is -2.61. The molecule has 2 fully saturated rings. The van der Waals surface area contributed by atoms with Gasteiger partial charge in [0.15, 0.2) is 5.76 Å². The van der Waals surface area contributed by atoms with Gasteiger partial charge in [-0.3, -0.25) is 0 Å². The van der Waals surface area contributed by atoms with Crippen LogP contribution >= 0.6 is 0 Å². The fourth-order valence-corrected chi connectivity index (χ4v) is 5.62. The quantitative estimate of drug-likeness (QED) is 0.307. The number of anilines is 1. The number of hydrogen-bond acceptors (Lipinski definition) is 7. The van der Waals surface area contributed by atoms with Crippen molar-refractivity contribution in [3.8, 4) is 22.8 Å². The number of nitrogens with two attached hydrogens (primary N) is 1.